The normalized spacial score (nSPS) is 11.2. The molecular formula is C15H18N2O3S. The van der Waals surface area contributed by atoms with Gasteiger partial charge in [-0.15, -0.1) is 0 Å². The molecule has 0 bridgehead atoms. The van der Waals surface area contributed by atoms with E-state index < -0.39 is 9.84 Å². The van der Waals surface area contributed by atoms with Gasteiger partial charge < -0.3 is 10.1 Å². The molecule has 1 heterocycles. The molecule has 0 radical (unpaired) electrons. The first-order valence-electron chi connectivity index (χ1n) is 6.44. The summed E-state index contributed by atoms with van der Waals surface area (Å²) in [5.41, 5.74) is 2.59. The molecule has 1 N–H and O–H groups in total. The number of hydrogen-bond donors (Lipinski definition) is 1. The van der Waals surface area contributed by atoms with Crippen molar-refractivity contribution in [3.8, 4) is 5.75 Å². The Kier molecular flexibility index (Phi) is 4.47. The number of rotatable bonds is 5. The Morgan fingerprint density at radius 2 is 1.86 bits per heavy atom. The van der Waals surface area contributed by atoms with Crippen LogP contribution in [0.1, 0.15) is 11.4 Å². The highest BCUT2D eigenvalue weighted by Gasteiger charge is 2.06. The van der Waals surface area contributed by atoms with Gasteiger partial charge in [-0.25, -0.2) is 8.42 Å². The monoisotopic (exact) mass is 306 g/mol. The standard InChI is InChI=1S/C15H18N2O3S/c1-11-8-14(20-2)9-13(17-11)10-16-12-4-6-15(7-5-12)21(3,18)19/h4-9,16H,10H2,1-3H3. The Morgan fingerprint density at radius 1 is 1.19 bits per heavy atom. The highest BCUT2D eigenvalue weighted by atomic mass is 32.2. The first-order valence-corrected chi connectivity index (χ1v) is 8.33. The number of ether oxygens (including phenoxy) is 1. The van der Waals surface area contributed by atoms with Crippen LogP contribution in [-0.4, -0.2) is 26.8 Å². The average molecular weight is 306 g/mol. The summed E-state index contributed by atoms with van der Waals surface area (Å²) < 4.78 is 28.0. The molecule has 0 saturated carbocycles. The van der Waals surface area contributed by atoms with Crippen LogP contribution in [0.3, 0.4) is 0 Å². The lowest BCUT2D eigenvalue weighted by Crippen LogP contribution is -2.04. The van der Waals surface area contributed by atoms with Gasteiger partial charge in [0.1, 0.15) is 5.75 Å². The van der Waals surface area contributed by atoms with E-state index in [9.17, 15) is 8.42 Å². The maximum atomic E-state index is 11.4. The lowest BCUT2D eigenvalue weighted by atomic mass is 10.2. The minimum atomic E-state index is -3.16. The summed E-state index contributed by atoms with van der Waals surface area (Å²) >= 11 is 0. The van der Waals surface area contributed by atoms with Crippen molar-refractivity contribution in [3.05, 3.63) is 47.8 Å². The molecule has 2 aromatic rings. The summed E-state index contributed by atoms with van der Waals surface area (Å²) in [6.45, 7) is 2.45. The van der Waals surface area contributed by atoms with E-state index in [1.807, 2.05) is 19.1 Å². The minimum absolute atomic E-state index is 0.309. The molecule has 0 fully saturated rings. The van der Waals surface area contributed by atoms with E-state index in [1.54, 1.807) is 31.4 Å². The zero-order chi connectivity index (χ0) is 15.5. The van der Waals surface area contributed by atoms with Crippen molar-refractivity contribution in [2.45, 2.75) is 18.4 Å². The fraction of sp³-hybridized carbons (Fsp3) is 0.267. The number of methoxy groups -OCH3 is 1. The molecule has 2 rings (SSSR count). The van der Waals surface area contributed by atoms with Gasteiger partial charge in [0.15, 0.2) is 9.84 Å². The predicted molar refractivity (Wildman–Crippen MR) is 82.4 cm³/mol. The lowest BCUT2D eigenvalue weighted by molar-refractivity contribution is 0.413. The van der Waals surface area contributed by atoms with Crippen molar-refractivity contribution in [2.24, 2.45) is 0 Å². The average Bonchev–Trinajstić information content (AvgIpc) is 2.44. The number of anilines is 1. The van der Waals surface area contributed by atoms with E-state index in [0.717, 1.165) is 22.8 Å². The number of nitrogens with zero attached hydrogens (tertiary/aromatic N) is 1. The van der Waals surface area contributed by atoms with Crippen LogP contribution in [0.5, 0.6) is 5.75 Å². The zero-order valence-electron chi connectivity index (χ0n) is 12.3. The number of nitrogens with one attached hydrogen (secondary N) is 1. The van der Waals surface area contributed by atoms with Crippen molar-refractivity contribution in [2.75, 3.05) is 18.7 Å². The zero-order valence-corrected chi connectivity index (χ0v) is 13.1. The molecule has 1 aromatic heterocycles. The van der Waals surface area contributed by atoms with Gasteiger partial charge in [0.25, 0.3) is 0 Å². The van der Waals surface area contributed by atoms with Crippen LogP contribution in [0.25, 0.3) is 0 Å². The van der Waals surface area contributed by atoms with Crippen molar-refractivity contribution < 1.29 is 13.2 Å². The Labute approximate surface area is 124 Å². The van der Waals surface area contributed by atoms with E-state index in [0.29, 0.717) is 11.4 Å². The van der Waals surface area contributed by atoms with Crippen LogP contribution in [0.4, 0.5) is 5.69 Å². The van der Waals surface area contributed by atoms with Gasteiger partial charge in [-0.3, -0.25) is 4.98 Å². The van der Waals surface area contributed by atoms with Crippen LogP contribution in [0.2, 0.25) is 0 Å². The summed E-state index contributed by atoms with van der Waals surface area (Å²) in [4.78, 5) is 4.72. The molecule has 0 saturated heterocycles. The third-order valence-corrected chi connectivity index (χ3v) is 4.10. The lowest BCUT2D eigenvalue weighted by Gasteiger charge is -2.09. The summed E-state index contributed by atoms with van der Waals surface area (Å²) in [7, 11) is -1.54. The molecule has 0 aliphatic heterocycles. The Hall–Kier alpha value is -2.08. The van der Waals surface area contributed by atoms with E-state index in [2.05, 4.69) is 10.3 Å². The van der Waals surface area contributed by atoms with Gasteiger partial charge in [-0.05, 0) is 31.2 Å². The highest BCUT2D eigenvalue weighted by molar-refractivity contribution is 7.90. The van der Waals surface area contributed by atoms with Crippen LogP contribution in [0, 0.1) is 6.92 Å². The molecule has 0 aliphatic rings. The maximum Gasteiger partial charge on any atom is 0.175 e. The molecule has 6 heteroatoms. The second-order valence-corrected chi connectivity index (χ2v) is 6.81. The molecule has 0 amide bonds. The molecule has 5 nitrogen and oxygen atoms in total. The largest absolute Gasteiger partial charge is 0.497 e. The van der Waals surface area contributed by atoms with Crippen LogP contribution in [-0.2, 0) is 16.4 Å². The van der Waals surface area contributed by atoms with E-state index in [1.165, 1.54) is 6.26 Å². The van der Waals surface area contributed by atoms with Crippen molar-refractivity contribution >= 4 is 15.5 Å². The quantitative estimate of drug-likeness (QED) is 0.918. The Balaban J connectivity index is 2.08. The third kappa shape index (κ3) is 4.19. The van der Waals surface area contributed by atoms with Crippen LogP contribution in [0.15, 0.2) is 41.3 Å². The van der Waals surface area contributed by atoms with Gasteiger partial charge in [0, 0.05) is 29.8 Å². The second kappa shape index (κ2) is 6.13. The van der Waals surface area contributed by atoms with Gasteiger partial charge in [0.05, 0.1) is 24.2 Å². The number of sulfone groups is 1. The molecule has 1 aromatic carbocycles. The molecule has 0 atom stereocenters. The van der Waals surface area contributed by atoms with E-state index >= 15 is 0 Å². The summed E-state index contributed by atoms with van der Waals surface area (Å²) in [5, 5.41) is 3.21. The Bertz CT molecular complexity index is 725. The predicted octanol–water partition coefficient (Wildman–Crippen LogP) is 2.41. The Morgan fingerprint density at radius 3 is 2.43 bits per heavy atom. The van der Waals surface area contributed by atoms with Crippen molar-refractivity contribution in [3.63, 3.8) is 0 Å². The van der Waals surface area contributed by atoms with Crippen LogP contribution < -0.4 is 10.1 Å². The SMILES string of the molecule is COc1cc(C)nc(CNc2ccc(S(C)(=O)=O)cc2)c1. The van der Waals surface area contributed by atoms with Crippen molar-refractivity contribution in [1.82, 2.24) is 4.98 Å². The van der Waals surface area contributed by atoms with Crippen molar-refractivity contribution in [1.29, 1.82) is 0 Å². The van der Waals surface area contributed by atoms with E-state index in [-0.39, 0.29) is 0 Å². The smallest absolute Gasteiger partial charge is 0.175 e. The first kappa shape index (κ1) is 15.3. The number of aryl methyl sites for hydroxylation is 1. The first-order chi connectivity index (χ1) is 9.88. The summed E-state index contributed by atoms with van der Waals surface area (Å²) in [6, 6.07) is 10.4. The third-order valence-electron chi connectivity index (χ3n) is 2.97. The molecule has 0 spiro atoms. The van der Waals surface area contributed by atoms with Gasteiger partial charge in [-0.1, -0.05) is 0 Å². The maximum absolute atomic E-state index is 11.4. The fourth-order valence-electron chi connectivity index (χ4n) is 1.92. The summed E-state index contributed by atoms with van der Waals surface area (Å²) in [5.74, 6) is 0.770. The topological polar surface area (TPSA) is 68.3 Å². The van der Waals surface area contributed by atoms with Gasteiger partial charge in [0.2, 0.25) is 0 Å². The number of benzene rings is 1. The number of hydrogen-bond acceptors (Lipinski definition) is 5. The minimum Gasteiger partial charge on any atom is -0.497 e. The number of pyridine rings is 1. The van der Waals surface area contributed by atoms with E-state index in [4.69, 9.17) is 4.74 Å². The number of aromatic nitrogens is 1. The highest BCUT2D eigenvalue weighted by Crippen LogP contribution is 2.17. The van der Waals surface area contributed by atoms with Gasteiger partial charge in [-0.2, -0.15) is 0 Å². The summed E-state index contributed by atoms with van der Waals surface area (Å²) in [6.07, 6.45) is 1.19. The molecule has 112 valence electrons. The fourth-order valence-corrected chi connectivity index (χ4v) is 2.55. The molecule has 21 heavy (non-hydrogen) atoms. The van der Waals surface area contributed by atoms with Gasteiger partial charge >= 0.3 is 0 Å². The second-order valence-electron chi connectivity index (χ2n) is 4.79. The molecule has 0 aliphatic carbocycles. The molecule has 0 unspecified atom stereocenters. The molecular weight excluding hydrogens is 288 g/mol. The van der Waals surface area contributed by atoms with Crippen LogP contribution >= 0.6 is 0 Å².